The van der Waals surface area contributed by atoms with Crippen molar-refractivity contribution in [2.45, 2.75) is 39.3 Å². The van der Waals surface area contributed by atoms with Gasteiger partial charge in [0.05, 0.1) is 11.9 Å². The zero-order valence-electron chi connectivity index (χ0n) is 19.2. The lowest BCUT2D eigenvalue weighted by molar-refractivity contribution is -0.139. The van der Waals surface area contributed by atoms with E-state index in [9.17, 15) is 18.0 Å². The van der Waals surface area contributed by atoms with Gasteiger partial charge in [0.1, 0.15) is 12.6 Å². The second-order valence-corrected chi connectivity index (χ2v) is 11.0. The molecule has 2 aromatic rings. The highest BCUT2D eigenvalue weighted by atomic mass is 35.5. The van der Waals surface area contributed by atoms with Crippen LogP contribution in [-0.4, -0.2) is 50.5 Å². The molecule has 1 atom stereocenters. The quantitative estimate of drug-likeness (QED) is 0.411. The molecule has 2 amide bonds. The number of benzene rings is 2. The first-order valence-electron chi connectivity index (χ1n) is 10.7. The van der Waals surface area contributed by atoms with Crippen LogP contribution in [0.5, 0.6) is 0 Å². The average molecular weight is 549 g/mol. The van der Waals surface area contributed by atoms with Crippen molar-refractivity contribution in [2.24, 2.45) is 0 Å². The van der Waals surface area contributed by atoms with Gasteiger partial charge in [-0.25, -0.2) is 8.42 Å². The summed E-state index contributed by atoms with van der Waals surface area (Å²) in [7, 11) is -3.83. The second kappa shape index (κ2) is 12.6. The summed E-state index contributed by atoms with van der Waals surface area (Å²) in [5.74, 6) is -0.921. The number of halogens is 3. The van der Waals surface area contributed by atoms with Crippen LogP contribution in [0.1, 0.15) is 32.3 Å². The van der Waals surface area contributed by atoms with Crippen molar-refractivity contribution in [1.82, 2.24) is 10.2 Å². The maximum atomic E-state index is 13.5. The van der Waals surface area contributed by atoms with E-state index in [1.807, 2.05) is 6.92 Å². The monoisotopic (exact) mass is 547 g/mol. The highest BCUT2D eigenvalue weighted by molar-refractivity contribution is 7.92. The maximum absolute atomic E-state index is 13.5. The van der Waals surface area contributed by atoms with Gasteiger partial charge in [0.25, 0.3) is 0 Å². The summed E-state index contributed by atoms with van der Waals surface area (Å²) >= 11 is 18.3. The van der Waals surface area contributed by atoms with Crippen LogP contribution >= 0.6 is 34.8 Å². The fraction of sp³-hybridized carbons (Fsp3) is 0.391. The van der Waals surface area contributed by atoms with Crippen LogP contribution in [0.25, 0.3) is 0 Å². The number of unbranched alkanes of at least 4 members (excludes halogenated alkanes) is 1. The predicted molar refractivity (Wildman–Crippen MR) is 138 cm³/mol. The molecule has 186 valence electrons. The summed E-state index contributed by atoms with van der Waals surface area (Å²) in [6, 6.07) is 10.2. The molecule has 7 nitrogen and oxygen atoms in total. The number of rotatable bonds is 11. The van der Waals surface area contributed by atoms with Gasteiger partial charge in [0, 0.05) is 28.2 Å². The summed E-state index contributed by atoms with van der Waals surface area (Å²) in [5.41, 5.74) is 0.814. The summed E-state index contributed by atoms with van der Waals surface area (Å²) in [4.78, 5) is 27.5. The van der Waals surface area contributed by atoms with Gasteiger partial charge in [-0.2, -0.15) is 0 Å². The van der Waals surface area contributed by atoms with Gasteiger partial charge in [-0.15, -0.1) is 0 Å². The number of hydrogen-bond donors (Lipinski definition) is 1. The summed E-state index contributed by atoms with van der Waals surface area (Å²) in [6.45, 7) is 3.54. The van der Waals surface area contributed by atoms with E-state index in [0.29, 0.717) is 27.2 Å². The molecule has 0 saturated heterocycles. The van der Waals surface area contributed by atoms with Crippen LogP contribution in [0, 0.1) is 0 Å². The molecule has 0 aliphatic heterocycles. The molecule has 0 heterocycles. The normalized spacial score (nSPS) is 12.2. The fourth-order valence-electron chi connectivity index (χ4n) is 3.20. The van der Waals surface area contributed by atoms with Gasteiger partial charge in [0.15, 0.2) is 0 Å². The van der Waals surface area contributed by atoms with E-state index < -0.39 is 28.5 Å². The molecule has 0 aliphatic rings. The third-order valence-corrected chi connectivity index (χ3v) is 7.09. The standard InChI is InChI=1S/C23H28Cl3N3O4S/c1-4-5-11-27-23(31)16(2)28(14-17-9-10-19(25)13-21(17)26)22(30)15-29(34(3,32)33)20-8-6-7-18(24)12-20/h6-10,12-13,16H,4-5,11,14-15H2,1-3H3,(H,27,31)/t16-/m1/s1. The smallest absolute Gasteiger partial charge is 0.244 e. The number of sulfonamides is 1. The van der Waals surface area contributed by atoms with Gasteiger partial charge >= 0.3 is 0 Å². The first kappa shape index (κ1) is 28.2. The Kier molecular flexibility index (Phi) is 10.5. The number of carbonyl (C=O) groups is 2. The van der Waals surface area contributed by atoms with Gasteiger partial charge in [-0.05, 0) is 49.2 Å². The van der Waals surface area contributed by atoms with E-state index in [0.717, 1.165) is 23.4 Å². The van der Waals surface area contributed by atoms with Crippen LogP contribution in [0.4, 0.5) is 5.69 Å². The highest BCUT2D eigenvalue weighted by Gasteiger charge is 2.30. The Morgan fingerprint density at radius 3 is 2.32 bits per heavy atom. The van der Waals surface area contributed by atoms with E-state index >= 15 is 0 Å². The van der Waals surface area contributed by atoms with Gasteiger partial charge in [-0.1, -0.05) is 60.3 Å². The molecule has 0 radical (unpaired) electrons. The number of amides is 2. The molecule has 2 rings (SSSR count). The maximum Gasteiger partial charge on any atom is 0.244 e. The molecule has 0 unspecified atom stereocenters. The lowest BCUT2D eigenvalue weighted by Crippen LogP contribution is -2.51. The minimum absolute atomic E-state index is 0.00958. The largest absolute Gasteiger partial charge is 0.354 e. The van der Waals surface area contributed by atoms with E-state index in [1.165, 1.54) is 11.0 Å². The van der Waals surface area contributed by atoms with Crippen molar-refractivity contribution in [3.05, 3.63) is 63.1 Å². The number of nitrogens with one attached hydrogen (secondary N) is 1. The second-order valence-electron chi connectivity index (χ2n) is 7.83. The molecule has 0 fully saturated rings. The number of hydrogen-bond acceptors (Lipinski definition) is 4. The molecular formula is C23H28Cl3N3O4S. The predicted octanol–water partition coefficient (Wildman–Crippen LogP) is 4.75. The van der Waals surface area contributed by atoms with Crippen LogP contribution in [0.2, 0.25) is 15.1 Å². The third kappa shape index (κ3) is 8.05. The molecule has 0 bridgehead atoms. The van der Waals surface area contributed by atoms with Gasteiger partial charge in [0.2, 0.25) is 21.8 Å². The first-order chi connectivity index (χ1) is 15.9. The molecule has 2 aromatic carbocycles. The van der Waals surface area contributed by atoms with Gasteiger partial charge < -0.3 is 10.2 Å². The molecule has 1 N–H and O–H groups in total. The molecule has 11 heteroatoms. The Morgan fingerprint density at radius 1 is 1.06 bits per heavy atom. The molecule has 0 aromatic heterocycles. The minimum Gasteiger partial charge on any atom is -0.354 e. The Labute approximate surface area is 216 Å². The average Bonchev–Trinajstić information content (AvgIpc) is 2.75. The SMILES string of the molecule is CCCCNC(=O)[C@@H](C)N(Cc1ccc(Cl)cc1Cl)C(=O)CN(c1cccc(Cl)c1)S(C)(=O)=O. The number of anilines is 1. The molecule has 0 aliphatic carbocycles. The van der Waals surface area contributed by atoms with Crippen LogP contribution in [-0.2, 0) is 26.2 Å². The van der Waals surface area contributed by atoms with Crippen molar-refractivity contribution in [2.75, 3.05) is 23.7 Å². The number of nitrogens with zero attached hydrogens (tertiary/aromatic N) is 2. The fourth-order valence-corrected chi connectivity index (χ4v) is 4.69. The Hall–Kier alpha value is -2.00. The Balaban J connectivity index is 2.38. The van der Waals surface area contributed by atoms with E-state index in [1.54, 1.807) is 43.3 Å². The summed E-state index contributed by atoms with van der Waals surface area (Å²) in [5, 5.41) is 3.90. The van der Waals surface area contributed by atoms with Crippen molar-refractivity contribution in [3.8, 4) is 0 Å². The van der Waals surface area contributed by atoms with Crippen LogP contribution in [0.15, 0.2) is 42.5 Å². The molecule has 0 saturated carbocycles. The third-order valence-electron chi connectivity index (χ3n) is 5.13. The van der Waals surface area contributed by atoms with Gasteiger partial charge in [-0.3, -0.25) is 13.9 Å². The zero-order valence-corrected chi connectivity index (χ0v) is 22.3. The first-order valence-corrected chi connectivity index (χ1v) is 13.7. The highest BCUT2D eigenvalue weighted by Crippen LogP contribution is 2.25. The van der Waals surface area contributed by atoms with Crippen molar-refractivity contribution >= 4 is 62.3 Å². The topological polar surface area (TPSA) is 86.8 Å². The van der Waals surface area contributed by atoms with Crippen LogP contribution < -0.4 is 9.62 Å². The zero-order chi connectivity index (χ0) is 25.5. The Morgan fingerprint density at radius 2 is 1.74 bits per heavy atom. The molecule has 0 spiro atoms. The summed E-state index contributed by atoms with van der Waals surface area (Å²) in [6.07, 6.45) is 2.70. The van der Waals surface area contributed by atoms with E-state index in [-0.39, 0.29) is 18.1 Å². The molecule has 34 heavy (non-hydrogen) atoms. The van der Waals surface area contributed by atoms with Crippen molar-refractivity contribution < 1.29 is 18.0 Å². The lowest BCUT2D eigenvalue weighted by Gasteiger charge is -2.31. The van der Waals surface area contributed by atoms with Crippen molar-refractivity contribution in [3.63, 3.8) is 0 Å². The van der Waals surface area contributed by atoms with E-state index in [2.05, 4.69) is 5.32 Å². The van der Waals surface area contributed by atoms with E-state index in [4.69, 9.17) is 34.8 Å². The molecular weight excluding hydrogens is 521 g/mol. The number of carbonyl (C=O) groups excluding carboxylic acids is 2. The Bertz CT molecular complexity index is 1130. The lowest BCUT2D eigenvalue weighted by atomic mass is 10.1. The minimum atomic E-state index is -3.83. The summed E-state index contributed by atoms with van der Waals surface area (Å²) < 4.78 is 26.0. The van der Waals surface area contributed by atoms with Crippen molar-refractivity contribution in [1.29, 1.82) is 0 Å². The van der Waals surface area contributed by atoms with Crippen LogP contribution in [0.3, 0.4) is 0 Å².